The van der Waals surface area contributed by atoms with E-state index in [0.717, 1.165) is 48.0 Å². The highest BCUT2D eigenvalue weighted by molar-refractivity contribution is 7.91. The van der Waals surface area contributed by atoms with Crippen LogP contribution < -0.4 is 22.6 Å². The van der Waals surface area contributed by atoms with Crippen molar-refractivity contribution in [2.75, 3.05) is 42.8 Å². The molecule has 0 radical (unpaired) electrons. The highest BCUT2D eigenvalue weighted by Crippen LogP contribution is 2.48. The second-order valence-electron chi connectivity index (χ2n) is 15.2. The van der Waals surface area contributed by atoms with Gasteiger partial charge >= 0.3 is 10.4 Å². The van der Waals surface area contributed by atoms with Gasteiger partial charge < -0.3 is 15.9 Å². The summed E-state index contributed by atoms with van der Waals surface area (Å²) >= 11 is 0. The number of sulfone groups is 2. The molecule has 402 valence electrons. The van der Waals surface area contributed by atoms with Crippen LogP contribution >= 0.6 is 0 Å². The van der Waals surface area contributed by atoms with Crippen molar-refractivity contribution < 1.29 is 83.1 Å². The van der Waals surface area contributed by atoms with E-state index < -0.39 is 151 Å². The number of aliphatic hydroxyl groups excluding tert-OH is 1. The van der Waals surface area contributed by atoms with Gasteiger partial charge in [0.05, 0.1) is 70.0 Å². The van der Waals surface area contributed by atoms with Crippen molar-refractivity contribution in [1.82, 2.24) is 15.0 Å². The number of nitrogens with two attached hydrogens (primary N) is 1. The summed E-state index contributed by atoms with van der Waals surface area (Å²) in [4.78, 5) is 17.9. The maximum absolute atomic E-state index is 12.8. The Kier molecular flexibility index (Phi) is 17.2. The van der Waals surface area contributed by atoms with Gasteiger partial charge in [-0.2, -0.15) is 38.8 Å². The topological polar surface area (TPSA) is 495 Å². The number of benzene rings is 5. The van der Waals surface area contributed by atoms with Gasteiger partial charge in [0.2, 0.25) is 16.9 Å². The summed E-state index contributed by atoms with van der Waals surface area (Å²) in [7, 11) is -28.8. The van der Waals surface area contributed by atoms with Gasteiger partial charge in [-0.05, 0) is 78.0 Å². The van der Waals surface area contributed by atoms with Crippen molar-refractivity contribution in [1.29, 1.82) is 0 Å². The summed E-state index contributed by atoms with van der Waals surface area (Å²) in [6.45, 7) is -0.115. The van der Waals surface area contributed by atoms with E-state index in [1.54, 1.807) is 24.3 Å². The van der Waals surface area contributed by atoms with Crippen molar-refractivity contribution >= 4 is 111 Å². The average molecular weight is 1160 g/mol. The Hall–Kier alpha value is -6.97. The van der Waals surface area contributed by atoms with E-state index in [2.05, 4.69) is 54.6 Å². The van der Waals surface area contributed by atoms with Gasteiger partial charge in [0.1, 0.15) is 31.7 Å². The number of azo groups is 2. The number of fused-ring (bicyclic) bond motifs is 1. The molecule has 0 saturated heterocycles. The third-order valence-electron chi connectivity index (χ3n) is 10.0. The first-order valence-electron chi connectivity index (χ1n) is 20.8. The Morgan fingerprint density at radius 1 is 0.600 bits per heavy atom. The number of aryl methyl sites for hydroxylation is 1. The molecule has 0 amide bonds. The van der Waals surface area contributed by atoms with Gasteiger partial charge in [-0.15, -0.1) is 15.3 Å². The summed E-state index contributed by atoms with van der Waals surface area (Å²) in [5, 5.41) is 34.5. The molecular formula is C39H41N11O19S6. The Morgan fingerprint density at radius 2 is 1.17 bits per heavy atom. The lowest BCUT2D eigenvalue weighted by molar-refractivity contribution is 0.284. The fourth-order valence-electron chi connectivity index (χ4n) is 6.60. The minimum Gasteiger partial charge on any atom is -0.505 e. The number of nitrogens with one attached hydrogen (secondary N) is 3. The summed E-state index contributed by atoms with van der Waals surface area (Å²) < 4.78 is 191. The van der Waals surface area contributed by atoms with Crippen LogP contribution in [0.4, 0.5) is 39.8 Å². The van der Waals surface area contributed by atoms with Gasteiger partial charge in [0.15, 0.2) is 25.4 Å². The highest BCUT2D eigenvalue weighted by Gasteiger charge is 2.29. The minimum absolute atomic E-state index is 0.0373. The van der Waals surface area contributed by atoms with E-state index >= 15 is 0 Å². The van der Waals surface area contributed by atoms with Crippen LogP contribution in [0.1, 0.15) is 12.5 Å². The monoisotopic (exact) mass is 1160 g/mol. The Morgan fingerprint density at radius 3 is 1.77 bits per heavy atom. The summed E-state index contributed by atoms with van der Waals surface area (Å²) in [6.07, 6.45) is 0.546. The number of hydrogen-bond donors (Lipinski definition) is 10. The molecule has 0 aliphatic rings. The molecule has 0 spiro atoms. The molecule has 0 atom stereocenters. The summed E-state index contributed by atoms with van der Waals surface area (Å²) in [5.41, 5.74) is 3.20. The third kappa shape index (κ3) is 14.9. The number of nitrogens with zero attached hydrogens (tertiary/aromatic N) is 7. The van der Waals surface area contributed by atoms with Gasteiger partial charge in [0.25, 0.3) is 30.4 Å². The minimum atomic E-state index is -5.49. The van der Waals surface area contributed by atoms with E-state index in [-0.39, 0.29) is 33.1 Å². The van der Waals surface area contributed by atoms with Gasteiger partial charge in [-0.25, -0.2) is 31.0 Å². The predicted octanol–water partition coefficient (Wildman–Crippen LogP) is 2.61. The average Bonchev–Trinajstić information content (AvgIpc) is 3.29. The number of phenols is 1. The van der Waals surface area contributed by atoms with Crippen LogP contribution in [0.3, 0.4) is 0 Å². The molecule has 36 heteroatoms. The molecule has 5 aromatic carbocycles. The number of aromatic nitrogens is 3. The summed E-state index contributed by atoms with van der Waals surface area (Å²) in [5.74, 6) is -3.29. The number of anilines is 1. The number of phenolic OH excluding ortho intramolecular Hbond substituents is 1. The van der Waals surface area contributed by atoms with E-state index in [1.165, 1.54) is 0 Å². The lowest BCUT2D eigenvalue weighted by Gasteiger charge is -2.14. The fourth-order valence-corrected chi connectivity index (χ4v) is 10.9. The number of rotatable bonds is 20. The lowest BCUT2D eigenvalue weighted by Crippen LogP contribution is -2.37. The molecule has 75 heavy (non-hydrogen) atoms. The van der Waals surface area contributed by atoms with E-state index in [4.69, 9.17) is 15.4 Å². The molecule has 6 rings (SSSR count). The SMILES string of the molecule is CCc1ccccc1N=c1[nH]c(=NCCS(=O)(=O)CCOS(=O)(=O)O)[nH]c(=Nc2ccc(S(=O)(=O)O)c(N=Nc3c(S(=O)(=O)O)cc4cc(S(=O)(=O)O)c(N=Nc5ccc(S(=O)(=O)CCO)cc5)c(N)c4c3O)c2)[nH]1. The highest BCUT2D eigenvalue weighted by atomic mass is 32.3. The molecular weight excluding hydrogens is 1120 g/mol. The third-order valence-corrected chi connectivity index (χ3v) is 16.4. The smallest absolute Gasteiger partial charge is 0.397 e. The number of nitrogen functional groups attached to an aromatic ring is 1. The van der Waals surface area contributed by atoms with Crippen LogP contribution in [0.5, 0.6) is 5.75 Å². The fraction of sp³-hybridized carbons (Fsp3) is 0.205. The molecule has 0 aliphatic carbocycles. The molecule has 1 aromatic heterocycles. The quantitative estimate of drug-likeness (QED) is 0.0298. The zero-order valence-electron chi connectivity index (χ0n) is 38.1. The maximum Gasteiger partial charge on any atom is 0.397 e. The number of aromatic hydroxyl groups is 1. The van der Waals surface area contributed by atoms with Crippen molar-refractivity contribution in [3.8, 4) is 5.75 Å². The molecule has 0 fully saturated rings. The first-order valence-corrected chi connectivity index (χ1v) is 29.9. The number of hydrogen-bond acceptors (Lipinski definition) is 23. The van der Waals surface area contributed by atoms with E-state index in [0.29, 0.717) is 24.2 Å². The largest absolute Gasteiger partial charge is 0.505 e. The first-order chi connectivity index (χ1) is 34.9. The molecule has 1 heterocycles. The number of aromatic amines is 3. The Balaban J connectivity index is 1.50. The Bertz CT molecular complexity index is 4220. The van der Waals surface area contributed by atoms with Crippen LogP contribution in [0.25, 0.3) is 10.8 Å². The second-order valence-corrected chi connectivity index (χ2v) is 24.9. The van der Waals surface area contributed by atoms with E-state index in [1.807, 2.05) is 6.92 Å². The number of aliphatic hydroxyl groups is 1. The van der Waals surface area contributed by atoms with Gasteiger partial charge in [0, 0.05) is 0 Å². The standard InChI is InChI=1S/C39H41N11O19S6/c1-2-22-5-3-4-6-27(22)43-39-45-37(41-13-16-70(53,54)18-15-69-75(66,67)68)44-38(46-39)42-25-9-12-29(72(57,58)59)28(21-25)48-50-35-31(74(63,64)65)20-23-19-30(73(60,61)62)34(33(40)32(23)36(35)52)49-47-24-7-10-26(11-8-24)71(55,56)17-14-51/h3-12,19-21,51-52H,2,13-18,40H2,1H3,(H,57,58,59)(H,60,61,62)(H,63,64,65)(H,66,67,68)(H3,41,42,43,44,45,46). The molecule has 0 unspecified atom stereocenters. The molecule has 0 saturated carbocycles. The van der Waals surface area contributed by atoms with Crippen LogP contribution in [-0.2, 0) is 71.0 Å². The molecule has 11 N–H and O–H groups in total. The van der Waals surface area contributed by atoms with Crippen molar-refractivity contribution in [3.63, 3.8) is 0 Å². The van der Waals surface area contributed by atoms with Crippen molar-refractivity contribution in [2.24, 2.45) is 35.4 Å². The zero-order valence-corrected chi connectivity index (χ0v) is 43.0. The molecule has 30 nitrogen and oxygen atoms in total. The predicted molar refractivity (Wildman–Crippen MR) is 262 cm³/mol. The summed E-state index contributed by atoms with van der Waals surface area (Å²) in [6, 6.07) is 15.3. The molecule has 6 aromatic rings. The van der Waals surface area contributed by atoms with Crippen LogP contribution in [-0.4, -0.2) is 131 Å². The number of para-hydroxylation sites is 1. The Labute approximate surface area is 425 Å². The van der Waals surface area contributed by atoms with Crippen LogP contribution in [0.2, 0.25) is 0 Å². The van der Waals surface area contributed by atoms with Gasteiger partial charge in [-0.1, -0.05) is 25.1 Å². The number of H-pyrrole nitrogens is 3. The van der Waals surface area contributed by atoms with Crippen LogP contribution in [0.15, 0.2) is 134 Å². The first kappa shape index (κ1) is 57.3. The van der Waals surface area contributed by atoms with E-state index in [9.17, 15) is 69.3 Å². The normalized spacial score (nSPS) is 14.0. The molecule has 0 bridgehead atoms. The second kappa shape index (κ2) is 22.5. The zero-order chi connectivity index (χ0) is 55.3. The van der Waals surface area contributed by atoms with Crippen molar-refractivity contribution in [2.45, 2.75) is 32.9 Å². The van der Waals surface area contributed by atoms with Crippen LogP contribution in [0, 0.1) is 0 Å². The molecule has 0 aliphatic heterocycles. The maximum atomic E-state index is 12.8. The lowest BCUT2D eigenvalue weighted by atomic mass is 10.1. The van der Waals surface area contributed by atoms with Crippen molar-refractivity contribution in [3.05, 3.63) is 101 Å². The van der Waals surface area contributed by atoms with Gasteiger partial charge in [-0.3, -0.25) is 38.2 Å².